The van der Waals surface area contributed by atoms with Crippen LogP contribution in [-0.4, -0.2) is 67.1 Å². The van der Waals surface area contributed by atoms with Crippen molar-refractivity contribution in [1.82, 2.24) is 14.7 Å². The van der Waals surface area contributed by atoms with Crippen molar-refractivity contribution in [3.8, 4) is 0 Å². The van der Waals surface area contributed by atoms with Crippen molar-refractivity contribution in [2.75, 3.05) is 37.6 Å². The van der Waals surface area contributed by atoms with E-state index in [1.165, 1.54) is 0 Å². The van der Waals surface area contributed by atoms with Gasteiger partial charge in [0.25, 0.3) is 7.41 Å². The molecule has 0 N–H and O–H groups in total. The molecule has 0 spiro atoms. The molecular formula is C21H24BN4O3. The molecule has 1 amide bonds. The molecule has 1 aromatic heterocycles. The van der Waals surface area contributed by atoms with Crippen LogP contribution in [0.25, 0.3) is 0 Å². The van der Waals surface area contributed by atoms with Crippen molar-refractivity contribution in [2.24, 2.45) is 0 Å². The second kappa shape index (κ2) is 9.09. The summed E-state index contributed by atoms with van der Waals surface area (Å²) in [6.45, 7) is 4.74. The standard InChI is InChI=1S/C21H24BN4O3/c27-16-22-26-12-10-24(11-13-26)20-7-6-18-14-25(9-8-19(18)23-20)21(28)29-15-17-4-2-1-3-5-17/h1-7,16H,8-15H2. The van der Waals surface area contributed by atoms with E-state index in [1.807, 2.05) is 41.2 Å². The lowest BCUT2D eigenvalue weighted by Crippen LogP contribution is -2.48. The quantitative estimate of drug-likeness (QED) is 0.571. The van der Waals surface area contributed by atoms with Gasteiger partial charge in [-0.15, -0.1) is 0 Å². The van der Waals surface area contributed by atoms with Crippen molar-refractivity contribution in [1.29, 1.82) is 0 Å². The molecule has 3 heterocycles. The Morgan fingerprint density at radius 3 is 2.62 bits per heavy atom. The predicted octanol–water partition coefficient (Wildman–Crippen LogP) is 1.71. The van der Waals surface area contributed by atoms with Crippen LogP contribution in [0.3, 0.4) is 0 Å². The number of benzene rings is 1. The minimum absolute atomic E-state index is 0.285. The van der Waals surface area contributed by atoms with Crippen molar-refractivity contribution < 1.29 is 14.3 Å². The number of pyridine rings is 1. The van der Waals surface area contributed by atoms with E-state index >= 15 is 0 Å². The number of nitrogens with zero attached hydrogens (tertiary/aromatic N) is 4. The third-order valence-electron chi connectivity index (χ3n) is 5.41. The van der Waals surface area contributed by atoms with Gasteiger partial charge in [0.15, 0.2) is 0 Å². The maximum atomic E-state index is 12.4. The number of anilines is 1. The molecule has 1 radical (unpaired) electrons. The Morgan fingerprint density at radius 2 is 1.86 bits per heavy atom. The number of carbonyl (C=O) groups is 2. The molecule has 2 aliphatic rings. The van der Waals surface area contributed by atoms with Crippen molar-refractivity contribution in [2.45, 2.75) is 19.6 Å². The molecule has 0 unspecified atom stereocenters. The van der Waals surface area contributed by atoms with Crippen LogP contribution >= 0.6 is 0 Å². The molecule has 1 fully saturated rings. The van der Waals surface area contributed by atoms with Crippen molar-refractivity contribution in [3.05, 3.63) is 59.3 Å². The lowest BCUT2D eigenvalue weighted by atomic mass is 9.93. The summed E-state index contributed by atoms with van der Waals surface area (Å²) in [4.78, 5) is 33.9. The molecule has 4 rings (SSSR count). The van der Waals surface area contributed by atoms with Gasteiger partial charge in [0.2, 0.25) is 0 Å². The topological polar surface area (TPSA) is 66.0 Å². The summed E-state index contributed by atoms with van der Waals surface area (Å²) in [5.74, 6) is 0.967. The smallest absolute Gasteiger partial charge is 0.410 e. The molecule has 29 heavy (non-hydrogen) atoms. The summed E-state index contributed by atoms with van der Waals surface area (Å²) in [5, 5.41) is 0. The van der Waals surface area contributed by atoms with Crippen LogP contribution < -0.4 is 4.90 Å². The predicted molar refractivity (Wildman–Crippen MR) is 111 cm³/mol. The molecule has 0 saturated carbocycles. The molecule has 149 valence electrons. The largest absolute Gasteiger partial charge is 0.445 e. The number of hydrogen-bond acceptors (Lipinski definition) is 6. The van der Waals surface area contributed by atoms with Gasteiger partial charge in [-0.2, -0.15) is 0 Å². The zero-order chi connectivity index (χ0) is 20.1. The molecular weight excluding hydrogens is 367 g/mol. The first kappa shape index (κ1) is 19.5. The summed E-state index contributed by atoms with van der Waals surface area (Å²) in [6.07, 6.45) is 1.28. The molecule has 2 aliphatic heterocycles. The van der Waals surface area contributed by atoms with E-state index in [2.05, 4.69) is 11.0 Å². The van der Waals surface area contributed by atoms with E-state index in [-0.39, 0.29) is 12.7 Å². The van der Waals surface area contributed by atoms with Crippen molar-refractivity contribution in [3.63, 3.8) is 0 Å². The summed E-state index contributed by atoms with van der Waals surface area (Å²) in [6, 6.07) is 13.8. The van der Waals surface area contributed by atoms with Crippen LogP contribution in [0.4, 0.5) is 10.6 Å². The first-order valence-corrected chi connectivity index (χ1v) is 9.95. The van der Waals surface area contributed by atoms with Gasteiger partial charge < -0.3 is 24.1 Å². The lowest BCUT2D eigenvalue weighted by molar-refractivity contribution is 0.0916. The number of carbonyl (C=O) groups excluding carboxylic acids is 2. The fourth-order valence-corrected chi connectivity index (χ4v) is 3.73. The molecule has 1 saturated heterocycles. The maximum absolute atomic E-state index is 12.4. The van der Waals surface area contributed by atoms with E-state index in [0.29, 0.717) is 13.1 Å². The molecule has 8 heteroatoms. The first-order valence-electron chi connectivity index (χ1n) is 9.95. The number of ether oxygens (including phenoxy) is 1. The van der Waals surface area contributed by atoms with Gasteiger partial charge in [0.05, 0.1) is 12.7 Å². The number of hydrogen-bond donors (Lipinski definition) is 0. The number of amides is 1. The number of fused-ring (bicyclic) bond motifs is 1. The van der Waals surface area contributed by atoms with Gasteiger partial charge in [-0.25, -0.2) is 9.78 Å². The van der Waals surface area contributed by atoms with Gasteiger partial charge in [-0.05, 0) is 17.2 Å². The fourth-order valence-electron chi connectivity index (χ4n) is 3.73. The molecule has 0 aliphatic carbocycles. The molecule has 0 bridgehead atoms. The van der Waals surface area contributed by atoms with Gasteiger partial charge in [-0.3, -0.25) is 0 Å². The Balaban J connectivity index is 1.33. The average Bonchev–Trinajstić information content (AvgIpc) is 2.78. The summed E-state index contributed by atoms with van der Waals surface area (Å²) < 4.78 is 5.46. The highest BCUT2D eigenvalue weighted by Gasteiger charge is 2.24. The zero-order valence-corrected chi connectivity index (χ0v) is 16.4. The van der Waals surface area contributed by atoms with Gasteiger partial charge >= 0.3 is 6.09 Å². The van der Waals surface area contributed by atoms with Crippen LogP contribution in [-0.2, 0) is 29.1 Å². The molecule has 0 atom stereocenters. The highest BCUT2D eigenvalue weighted by Crippen LogP contribution is 2.22. The fraction of sp³-hybridized carbons (Fsp3) is 0.381. The Kier molecular flexibility index (Phi) is 6.10. The number of piperazine rings is 1. The summed E-state index contributed by atoms with van der Waals surface area (Å²) in [5.41, 5.74) is 3.11. The van der Waals surface area contributed by atoms with Crippen molar-refractivity contribution >= 4 is 25.5 Å². The van der Waals surface area contributed by atoms with E-state index in [4.69, 9.17) is 9.72 Å². The molecule has 1 aromatic carbocycles. The van der Waals surface area contributed by atoms with E-state index < -0.39 is 0 Å². The van der Waals surface area contributed by atoms with E-state index in [1.54, 1.807) is 12.3 Å². The third kappa shape index (κ3) is 4.76. The van der Waals surface area contributed by atoms with E-state index in [0.717, 1.165) is 61.4 Å². The highest BCUT2D eigenvalue weighted by molar-refractivity contribution is 6.64. The van der Waals surface area contributed by atoms with E-state index in [9.17, 15) is 9.59 Å². The third-order valence-corrected chi connectivity index (χ3v) is 5.41. The van der Waals surface area contributed by atoms with Crippen LogP contribution in [0.15, 0.2) is 42.5 Å². The SMILES string of the molecule is O=C[B]N1CCN(c2ccc3c(n2)CCN(C(=O)OCc2ccccc2)C3)CC1. The lowest BCUT2D eigenvalue weighted by Gasteiger charge is -2.35. The molecule has 7 nitrogen and oxygen atoms in total. The van der Waals surface area contributed by atoms with Gasteiger partial charge in [0.1, 0.15) is 12.4 Å². The Hall–Kier alpha value is -2.87. The van der Waals surface area contributed by atoms with Crippen LogP contribution in [0.2, 0.25) is 0 Å². The monoisotopic (exact) mass is 391 g/mol. The van der Waals surface area contributed by atoms with Crippen LogP contribution in [0.5, 0.6) is 0 Å². The Bertz CT molecular complexity index is 856. The van der Waals surface area contributed by atoms with Crippen LogP contribution in [0.1, 0.15) is 16.8 Å². The first-order chi connectivity index (χ1) is 14.2. The Morgan fingerprint density at radius 1 is 1.07 bits per heavy atom. The van der Waals surface area contributed by atoms with Gasteiger partial charge in [0, 0.05) is 44.8 Å². The second-order valence-corrected chi connectivity index (χ2v) is 7.30. The maximum Gasteiger partial charge on any atom is 0.410 e. The molecule has 2 aromatic rings. The van der Waals surface area contributed by atoms with Crippen LogP contribution in [0, 0.1) is 0 Å². The second-order valence-electron chi connectivity index (χ2n) is 7.30. The highest BCUT2D eigenvalue weighted by atomic mass is 16.6. The minimum Gasteiger partial charge on any atom is -0.445 e. The number of aromatic nitrogens is 1. The zero-order valence-electron chi connectivity index (χ0n) is 16.4. The number of rotatable bonds is 5. The Labute approximate surface area is 171 Å². The summed E-state index contributed by atoms with van der Waals surface area (Å²) in [7, 11) is 1.60. The minimum atomic E-state index is -0.286. The summed E-state index contributed by atoms with van der Waals surface area (Å²) >= 11 is 0. The van der Waals surface area contributed by atoms with Gasteiger partial charge in [-0.1, -0.05) is 36.4 Å². The average molecular weight is 391 g/mol. The normalized spacial score (nSPS) is 16.8.